The van der Waals surface area contributed by atoms with E-state index in [9.17, 15) is 9.59 Å². The van der Waals surface area contributed by atoms with E-state index < -0.39 is 6.04 Å². The van der Waals surface area contributed by atoms with Gasteiger partial charge in [-0.05, 0) is 42.3 Å². The Kier molecular flexibility index (Phi) is 7.49. The number of nitrogens with zero attached hydrogens (tertiary/aromatic N) is 2. The average Bonchev–Trinajstić information content (AvgIpc) is 2.75. The quantitative estimate of drug-likeness (QED) is 0.567. The molecule has 0 radical (unpaired) electrons. The van der Waals surface area contributed by atoms with Crippen LogP contribution in [-0.4, -0.2) is 27.8 Å². The Morgan fingerprint density at radius 1 is 0.967 bits per heavy atom. The van der Waals surface area contributed by atoms with Crippen LogP contribution < -0.4 is 15.4 Å². The van der Waals surface area contributed by atoms with Gasteiger partial charge in [-0.1, -0.05) is 43.7 Å². The van der Waals surface area contributed by atoms with Crippen LogP contribution >= 0.6 is 0 Å². The lowest BCUT2D eigenvalue weighted by Gasteiger charge is -2.17. The maximum absolute atomic E-state index is 12.6. The Bertz CT molecular complexity index is 964. The number of para-hydroxylation sites is 1. The van der Waals surface area contributed by atoms with Gasteiger partial charge in [0.05, 0.1) is 6.42 Å². The summed E-state index contributed by atoms with van der Waals surface area (Å²) in [6, 6.07) is 17.8. The van der Waals surface area contributed by atoms with Gasteiger partial charge in [0, 0.05) is 12.4 Å². The third kappa shape index (κ3) is 6.41. The number of ether oxygens (including phenoxy) is 1. The number of rotatable bonds is 9. The van der Waals surface area contributed by atoms with E-state index in [-0.39, 0.29) is 24.2 Å². The molecular weight excluding hydrogens is 380 g/mol. The molecule has 1 aromatic heterocycles. The van der Waals surface area contributed by atoms with Crippen LogP contribution in [0, 0.1) is 0 Å². The van der Waals surface area contributed by atoms with Crippen molar-refractivity contribution in [2.24, 2.45) is 0 Å². The van der Waals surface area contributed by atoms with Crippen molar-refractivity contribution in [1.82, 2.24) is 15.3 Å². The first-order valence-electron chi connectivity index (χ1n) is 9.83. The van der Waals surface area contributed by atoms with E-state index in [4.69, 9.17) is 4.74 Å². The van der Waals surface area contributed by atoms with Gasteiger partial charge in [0.15, 0.2) is 0 Å². The van der Waals surface area contributed by atoms with E-state index >= 15 is 0 Å². The van der Waals surface area contributed by atoms with Crippen LogP contribution in [0.15, 0.2) is 73.1 Å². The van der Waals surface area contributed by atoms with Gasteiger partial charge in [-0.2, -0.15) is 0 Å². The first-order chi connectivity index (χ1) is 14.6. The van der Waals surface area contributed by atoms with E-state index in [1.165, 1.54) is 0 Å². The van der Waals surface area contributed by atoms with Crippen LogP contribution in [-0.2, 0) is 16.0 Å². The molecule has 7 nitrogen and oxygen atoms in total. The maximum Gasteiger partial charge on any atom is 0.249 e. The fourth-order valence-corrected chi connectivity index (χ4v) is 2.89. The first-order valence-corrected chi connectivity index (χ1v) is 9.83. The second-order valence-corrected chi connectivity index (χ2v) is 6.71. The molecule has 1 atom stereocenters. The molecule has 1 heterocycles. The largest absolute Gasteiger partial charge is 0.457 e. The number of benzene rings is 2. The highest BCUT2D eigenvalue weighted by atomic mass is 16.5. The van der Waals surface area contributed by atoms with Gasteiger partial charge in [-0.3, -0.25) is 14.9 Å². The second-order valence-electron chi connectivity index (χ2n) is 6.71. The van der Waals surface area contributed by atoms with E-state index in [2.05, 4.69) is 20.6 Å². The Balaban J connectivity index is 1.60. The zero-order valence-corrected chi connectivity index (χ0v) is 16.7. The van der Waals surface area contributed by atoms with Crippen molar-refractivity contribution in [3.05, 3.63) is 78.6 Å². The van der Waals surface area contributed by atoms with Crippen molar-refractivity contribution in [3.63, 3.8) is 0 Å². The zero-order valence-electron chi connectivity index (χ0n) is 16.7. The number of aromatic nitrogens is 2. The molecule has 154 valence electrons. The molecule has 2 amide bonds. The molecule has 0 bridgehead atoms. The monoisotopic (exact) mass is 404 g/mol. The van der Waals surface area contributed by atoms with Crippen molar-refractivity contribution in [1.29, 1.82) is 0 Å². The third-order valence-corrected chi connectivity index (χ3v) is 4.27. The molecule has 2 aromatic carbocycles. The fourth-order valence-electron chi connectivity index (χ4n) is 2.89. The number of hydrogen-bond donors (Lipinski definition) is 2. The van der Waals surface area contributed by atoms with E-state index in [1.807, 2.05) is 61.5 Å². The van der Waals surface area contributed by atoms with Crippen LogP contribution in [0.1, 0.15) is 25.3 Å². The molecule has 2 N–H and O–H groups in total. The summed E-state index contributed by atoms with van der Waals surface area (Å²) in [7, 11) is 0. The molecule has 0 aliphatic heterocycles. The molecule has 1 unspecified atom stereocenters. The standard InChI is InChI=1S/C23H24N4O3/c1-2-8-20(22(29)27-23-24-13-7-14-25-23)26-21(28)16-17-9-6-12-19(15-17)30-18-10-4-3-5-11-18/h3-7,9-15,20H,2,8,16H2,1H3,(H,26,28)(H,24,25,27,29). The Labute approximate surface area is 175 Å². The molecule has 0 aliphatic rings. The van der Waals surface area contributed by atoms with E-state index in [1.54, 1.807) is 18.5 Å². The molecule has 0 spiro atoms. The SMILES string of the molecule is CCCC(NC(=O)Cc1cccc(Oc2ccccc2)c1)C(=O)Nc1ncccn1. The summed E-state index contributed by atoms with van der Waals surface area (Å²) >= 11 is 0. The lowest BCUT2D eigenvalue weighted by molar-refractivity contribution is -0.126. The van der Waals surface area contributed by atoms with Crippen molar-refractivity contribution < 1.29 is 14.3 Å². The molecule has 3 rings (SSSR count). The van der Waals surface area contributed by atoms with Gasteiger partial charge in [-0.15, -0.1) is 0 Å². The second kappa shape index (κ2) is 10.7. The van der Waals surface area contributed by atoms with Gasteiger partial charge >= 0.3 is 0 Å². The fraction of sp³-hybridized carbons (Fsp3) is 0.217. The lowest BCUT2D eigenvalue weighted by atomic mass is 10.1. The number of anilines is 1. The highest BCUT2D eigenvalue weighted by molar-refractivity contribution is 5.96. The summed E-state index contributed by atoms with van der Waals surface area (Å²) in [5, 5.41) is 5.44. The minimum Gasteiger partial charge on any atom is -0.457 e. The van der Waals surface area contributed by atoms with Crippen LogP contribution in [0.3, 0.4) is 0 Å². The first kappa shape index (κ1) is 21.0. The minimum absolute atomic E-state index is 0.140. The maximum atomic E-state index is 12.6. The molecule has 0 aliphatic carbocycles. The van der Waals surface area contributed by atoms with Crippen molar-refractivity contribution in [2.45, 2.75) is 32.2 Å². The van der Waals surface area contributed by atoms with E-state index in [0.29, 0.717) is 12.2 Å². The van der Waals surface area contributed by atoms with Crippen molar-refractivity contribution >= 4 is 17.8 Å². The summed E-state index contributed by atoms with van der Waals surface area (Å²) in [4.78, 5) is 33.0. The van der Waals surface area contributed by atoms with Crippen LogP contribution in [0.4, 0.5) is 5.95 Å². The molecule has 7 heteroatoms. The average molecular weight is 404 g/mol. The zero-order chi connectivity index (χ0) is 21.2. The Hall–Kier alpha value is -3.74. The number of hydrogen-bond acceptors (Lipinski definition) is 5. The number of nitrogens with one attached hydrogen (secondary N) is 2. The van der Waals surface area contributed by atoms with Gasteiger partial charge < -0.3 is 10.1 Å². The summed E-state index contributed by atoms with van der Waals surface area (Å²) in [6.07, 6.45) is 4.48. The molecule has 30 heavy (non-hydrogen) atoms. The topological polar surface area (TPSA) is 93.2 Å². The Morgan fingerprint density at radius 3 is 2.43 bits per heavy atom. The number of carbonyl (C=O) groups is 2. The van der Waals surface area contributed by atoms with Crippen LogP contribution in [0.2, 0.25) is 0 Å². The summed E-state index contributed by atoms with van der Waals surface area (Å²) in [5.41, 5.74) is 0.794. The summed E-state index contributed by atoms with van der Waals surface area (Å²) in [5.74, 6) is 1.01. The molecule has 0 fully saturated rings. The highest BCUT2D eigenvalue weighted by Crippen LogP contribution is 2.22. The number of carbonyl (C=O) groups excluding carboxylic acids is 2. The van der Waals surface area contributed by atoms with Gasteiger partial charge in [0.2, 0.25) is 17.8 Å². The molecule has 0 saturated heterocycles. The highest BCUT2D eigenvalue weighted by Gasteiger charge is 2.21. The van der Waals surface area contributed by atoms with Crippen molar-refractivity contribution in [3.8, 4) is 11.5 Å². The lowest BCUT2D eigenvalue weighted by Crippen LogP contribution is -2.44. The van der Waals surface area contributed by atoms with Crippen LogP contribution in [0.25, 0.3) is 0 Å². The third-order valence-electron chi connectivity index (χ3n) is 4.27. The molecule has 0 saturated carbocycles. The van der Waals surface area contributed by atoms with E-state index in [0.717, 1.165) is 17.7 Å². The van der Waals surface area contributed by atoms with Crippen LogP contribution in [0.5, 0.6) is 11.5 Å². The smallest absolute Gasteiger partial charge is 0.249 e. The number of amides is 2. The van der Waals surface area contributed by atoms with Crippen molar-refractivity contribution in [2.75, 3.05) is 5.32 Å². The van der Waals surface area contributed by atoms with Gasteiger partial charge in [-0.25, -0.2) is 9.97 Å². The molecule has 3 aromatic rings. The summed E-state index contributed by atoms with van der Waals surface area (Å²) in [6.45, 7) is 1.95. The predicted molar refractivity (Wildman–Crippen MR) is 114 cm³/mol. The van der Waals surface area contributed by atoms with Gasteiger partial charge in [0.25, 0.3) is 0 Å². The predicted octanol–water partition coefficient (Wildman–Crippen LogP) is 3.74. The minimum atomic E-state index is -0.657. The van der Waals surface area contributed by atoms with Gasteiger partial charge in [0.1, 0.15) is 17.5 Å². The molecular formula is C23H24N4O3. The summed E-state index contributed by atoms with van der Waals surface area (Å²) < 4.78 is 5.82. The Morgan fingerprint density at radius 2 is 1.70 bits per heavy atom. The normalized spacial score (nSPS) is 11.4.